The number of benzene rings is 1. The number of aliphatic hydroxyl groups is 1. The van der Waals surface area contributed by atoms with Crippen LogP contribution in [0.4, 0.5) is 10.1 Å². The lowest BCUT2D eigenvalue weighted by Crippen LogP contribution is -2.40. The molecule has 3 nitrogen and oxygen atoms in total. The average Bonchev–Trinajstić information content (AvgIpc) is 2.63. The van der Waals surface area contributed by atoms with E-state index in [0.29, 0.717) is 25.2 Å². The second kappa shape index (κ2) is 3.79. The van der Waals surface area contributed by atoms with E-state index < -0.39 is 5.60 Å². The molecule has 1 fully saturated rings. The Kier molecular flexibility index (Phi) is 2.63. The topological polar surface area (TPSA) is 49.5 Å². The van der Waals surface area contributed by atoms with Crippen LogP contribution in [0.2, 0.25) is 0 Å². The highest BCUT2D eigenvalue weighted by atomic mass is 19.1. The molecule has 0 aliphatic carbocycles. The van der Waals surface area contributed by atoms with Crippen molar-refractivity contribution < 1.29 is 9.50 Å². The predicted octanol–water partition coefficient (Wildman–Crippen LogP) is 0.726. The zero-order valence-corrected chi connectivity index (χ0v) is 8.49. The fourth-order valence-electron chi connectivity index (χ4n) is 1.94. The second-order valence-electron chi connectivity index (χ2n) is 4.05. The molecule has 0 amide bonds. The molecule has 2 rings (SSSR count). The monoisotopic (exact) mass is 210 g/mol. The van der Waals surface area contributed by atoms with Gasteiger partial charge < -0.3 is 15.7 Å². The number of β-amino-alcohol motifs (C(OH)–C–C–N with tert-alkyl or cyclic N) is 1. The minimum absolute atomic E-state index is 0.220. The number of halogens is 1. The van der Waals surface area contributed by atoms with Crippen molar-refractivity contribution >= 4 is 5.69 Å². The largest absolute Gasteiger partial charge is 0.387 e. The Balaban J connectivity index is 2.18. The molecule has 1 aliphatic rings. The third-order valence-corrected chi connectivity index (χ3v) is 2.91. The molecule has 1 aromatic carbocycles. The van der Waals surface area contributed by atoms with E-state index in [1.807, 2.05) is 4.90 Å². The zero-order valence-electron chi connectivity index (χ0n) is 8.49. The van der Waals surface area contributed by atoms with Gasteiger partial charge in [-0.2, -0.15) is 0 Å². The van der Waals surface area contributed by atoms with Gasteiger partial charge in [0.05, 0.1) is 11.3 Å². The Morgan fingerprint density at radius 2 is 2.20 bits per heavy atom. The van der Waals surface area contributed by atoms with Crippen molar-refractivity contribution in [3.8, 4) is 0 Å². The third-order valence-electron chi connectivity index (χ3n) is 2.91. The van der Waals surface area contributed by atoms with E-state index in [1.54, 1.807) is 18.2 Å². The molecule has 1 heterocycles. The summed E-state index contributed by atoms with van der Waals surface area (Å²) in [7, 11) is 0. The summed E-state index contributed by atoms with van der Waals surface area (Å²) in [6.07, 6.45) is 0.595. The van der Waals surface area contributed by atoms with Crippen molar-refractivity contribution in [2.45, 2.75) is 12.0 Å². The summed E-state index contributed by atoms with van der Waals surface area (Å²) in [6.45, 7) is 1.27. The standard InChI is InChI=1S/C11H15FN2O/c12-9-3-1-2-4-10(9)14-6-5-11(15,7-13)8-14/h1-4,15H,5-8,13H2. The quantitative estimate of drug-likeness (QED) is 0.756. The van der Waals surface area contributed by atoms with Gasteiger partial charge in [-0.25, -0.2) is 4.39 Å². The van der Waals surface area contributed by atoms with Crippen LogP contribution in [0.5, 0.6) is 0 Å². The van der Waals surface area contributed by atoms with Gasteiger partial charge in [0.15, 0.2) is 0 Å². The van der Waals surface area contributed by atoms with Crippen molar-refractivity contribution in [1.29, 1.82) is 0 Å². The molecule has 1 atom stereocenters. The molecule has 0 saturated carbocycles. The number of anilines is 1. The van der Waals surface area contributed by atoms with E-state index in [1.165, 1.54) is 6.07 Å². The highest BCUT2D eigenvalue weighted by Gasteiger charge is 2.35. The van der Waals surface area contributed by atoms with Gasteiger partial charge in [0.25, 0.3) is 0 Å². The van der Waals surface area contributed by atoms with Crippen LogP contribution in [-0.4, -0.2) is 30.3 Å². The van der Waals surface area contributed by atoms with Gasteiger partial charge in [-0.1, -0.05) is 12.1 Å². The number of nitrogens with two attached hydrogens (primary N) is 1. The molecule has 3 N–H and O–H groups in total. The Morgan fingerprint density at radius 3 is 2.80 bits per heavy atom. The van der Waals surface area contributed by atoms with Crippen LogP contribution in [0.1, 0.15) is 6.42 Å². The molecule has 1 aromatic rings. The highest BCUT2D eigenvalue weighted by Crippen LogP contribution is 2.27. The summed E-state index contributed by atoms with van der Waals surface area (Å²) in [6, 6.07) is 6.59. The van der Waals surface area contributed by atoms with E-state index in [-0.39, 0.29) is 12.4 Å². The first-order chi connectivity index (χ1) is 7.14. The van der Waals surface area contributed by atoms with Crippen LogP contribution < -0.4 is 10.6 Å². The number of nitrogens with zero attached hydrogens (tertiary/aromatic N) is 1. The zero-order chi connectivity index (χ0) is 10.9. The van der Waals surface area contributed by atoms with E-state index in [9.17, 15) is 9.50 Å². The van der Waals surface area contributed by atoms with Crippen LogP contribution >= 0.6 is 0 Å². The molecule has 0 aromatic heterocycles. The molecule has 0 spiro atoms. The van der Waals surface area contributed by atoms with Gasteiger partial charge in [0, 0.05) is 19.6 Å². The molecule has 0 radical (unpaired) electrons. The van der Waals surface area contributed by atoms with Crippen molar-refractivity contribution in [2.75, 3.05) is 24.5 Å². The van der Waals surface area contributed by atoms with Gasteiger partial charge >= 0.3 is 0 Å². The summed E-state index contributed by atoms with van der Waals surface area (Å²) >= 11 is 0. The van der Waals surface area contributed by atoms with Crippen LogP contribution in [0.15, 0.2) is 24.3 Å². The van der Waals surface area contributed by atoms with Crippen molar-refractivity contribution in [1.82, 2.24) is 0 Å². The minimum atomic E-state index is -0.859. The molecule has 15 heavy (non-hydrogen) atoms. The third kappa shape index (κ3) is 1.96. The fourth-order valence-corrected chi connectivity index (χ4v) is 1.94. The van der Waals surface area contributed by atoms with E-state index >= 15 is 0 Å². The number of rotatable bonds is 2. The number of hydrogen-bond donors (Lipinski definition) is 2. The summed E-state index contributed by atoms with van der Waals surface area (Å²) in [4.78, 5) is 1.84. The highest BCUT2D eigenvalue weighted by molar-refractivity contribution is 5.49. The SMILES string of the molecule is NCC1(O)CCN(c2ccccc2F)C1. The van der Waals surface area contributed by atoms with Crippen molar-refractivity contribution in [3.05, 3.63) is 30.1 Å². The lowest BCUT2D eigenvalue weighted by molar-refractivity contribution is 0.0725. The van der Waals surface area contributed by atoms with Crippen molar-refractivity contribution in [3.63, 3.8) is 0 Å². The van der Waals surface area contributed by atoms with Gasteiger partial charge in [0.1, 0.15) is 5.82 Å². The van der Waals surface area contributed by atoms with Gasteiger partial charge in [-0.05, 0) is 18.6 Å². The Labute approximate surface area is 88.3 Å². The van der Waals surface area contributed by atoms with Crippen LogP contribution in [0.25, 0.3) is 0 Å². The van der Waals surface area contributed by atoms with Gasteiger partial charge in [-0.15, -0.1) is 0 Å². The molecular weight excluding hydrogens is 195 g/mol. The number of para-hydroxylation sites is 1. The van der Waals surface area contributed by atoms with E-state index in [0.717, 1.165) is 0 Å². The Morgan fingerprint density at radius 1 is 1.47 bits per heavy atom. The molecular formula is C11H15FN2O. The molecule has 82 valence electrons. The Hall–Kier alpha value is -1.13. The predicted molar refractivity (Wildman–Crippen MR) is 57.2 cm³/mol. The van der Waals surface area contributed by atoms with Gasteiger partial charge in [-0.3, -0.25) is 0 Å². The maximum Gasteiger partial charge on any atom is 0.146 e. The first kappa shape index (κ1) is 10.4. The lowest BCUT2D eigenvalue weighted by atomic mass is 10.0. The van der Waals surface area contributed by atoms with Crippen LogP contribution in [0, 0.1) is 5.82 Å². The van der Waals surface area contributed by atoms with Crippen molar-refractivity contribution in [2.24, 2.45) is 5.73 Å². The first-order valence-electron chi connectivity index (χ1n) is 5.06. The van der Waals surface area contributed by atoms with Crippen LogP contribution in [0.3, 0.4) is 0 Å². The van der Waals surface area contributed by atoms with E-state index in [4.69, 9.17) is 5.73 Å². The normalized spacial score (nSPS) is 25.9. The summed E-state index contributed by atoms with van der Waals surface area (Å²) in [5.74, 6) is -0.251. The second-order valence-corrected chi connectivity index (χ2v) is 4.05. The minimum Gasteiger partial charge on any atom is -0.387 e. The molecule has 0 bridgehead atoms. The molecule has 1 unspecified atom stereocenters. The Bertz CT molecular complexity index is 358. The fraction of sp³-hybridized carbons (Fsp3) is 0.455. The first-order valence-corrected chi connectivity index (χ1v) is 5.06. The molecule has 4 heteroatoms. The maximum absolute atomic E-state index is 13.4. The summed E-state index contributed by atoms with van der Waals surface area (Å²) in [5.41, 5.74) is 5.16. The number of hydrogen-bond acceptors (Lipinski definition) is 3. The maximum atomic E-state index is 13.4. The van der Waals surface area contributed by atoms with Crippen LogP contribution in [-0.2, 0) is 0 Å². The lowest BCUT2D eigenvalue weighted by Gasteiger charge is -2.23. The molecule has 1 aliphatic heterocycles. The summed E-state index contributed by atoms with van der Waals surface area (Å²) in [5, 5.41) is 9.93. The van der Waals surface area contributed by atoms with E-state index in [2.05, 4.69) is 0 Å². The van der Waals surface area contributed by atoms with Gasteiger partial charge in [0.2, 0.25) is 0 Å². The molecule has 1 saturated heterocycles. The smallest absolute Gasteiger partial charge is 0.146 e. The summed E-state index contributed by atoms with van der Waals surface area (Å²) < 4.78 is 13.4. The average molecular weight is 210 g/mol.